The number of phenols is 1. The molecule has 0 aliphatic rings. The van der Waals surface area contributed by atoms with Crippen LogP contribution in [0.1, 0.15) is 31.1 Å². The molecule has 0 aliphatic heterocycles. The van der Waals surface area contributed by atoms with Gasteiger partial charge in [-0.1, -0.05) is 25.4 Å². The smallest absolute Gasteiger partial charge is 0.257 e. The van der Waals surface area contributed by atoms with Gasteiger partial charge in [0.15, 0.2) is 0 Å². The first kappa shape index (κ1) is 13.8. The highest BCUT2D eigenvalue weighted by Gasteiger charge is 2.22. The van der Waals surface area contributed by atoms with Gasteiger partial charge in [0.25, 0.3) is 5.91 Å². The van der Waals surface area contributed by atoms with Gasteiger partial charge >= 0.3 is 0 Å². The summed E-state index contributed by atoms with van der Waals surface area (Å²) in [6, 6.07) is 4.63. The minimum absolute atomic E-state index is 0.0784. The summed E-state index contributed by atoms with van der Waals surface area (Å²) < 4.78 is 0. The normalized spacial score (nSPS) is 12.6. The van der Waals surface area contributed by atoms with Gasteiger partial charge in [0.1, 0.15) is 5.75 Å². The summed E-state index contributed by atoms with van der Waals surface area (Å²) >= 11 is 5.73. The summed E-state index contributed by atoms with van der Waals surface area (Å²) in [4.78, 5) is 13.8. The van der Waals surface area contributed by atoms with Gasteiger partial charge in [-0.2, -0.15) is 0 Å². The second-order valence-corrected chi connectivity index (χ2v) is 5.00. The Morgan fingerprint density at radius 2 is 1.94 bits per heavy atom. The first-order chi connectivity index (χ1) is 7.84. The molecule has 0 aliphatic carbocycles. The zero-order valence-electron chi connectivity index (χ0n) is 10.6. The Labute approximate surface area is 107 Å². The number of amides is 1. The number of nitrogens with zero attached hydrogens (tertiary/aromatic N) is 1. The van der Waals surface area contributed by atoms with E-state index in [0.717, 1.165) is 0 Å². The number of halogens is 1. The summed E-state index contributed by atoms with van der Waals surface area (Å²) in [6.45, 7) is 6.09. The van der Waals surface area contributed by atoms with E-state index in [4.69, 9.17) is 11.6 Å². The second kappa shape index (κ2) is 5.41. The zero-order valence-corrected chi connectivity index (χ0v) is 11.3. The first-order valence-electron chi connectivity index (χ1n) is 5.60. The predicted molar refractivity (Wildman–Crippen MR) is 69.5 cm³/mol. The monoisotopic (exact) mass is 255 g/mol. The van der Waals surface area contributed by atoms with Crippen LogP contribution in [-0.4, -0.2) is 29.0 Å². The maximum atomic E-state index is 12.1. The van der Waals surface area contributed by atoms with E-state index >= 15 is 0 Å². The van der Waals surface area contributed by atoms with Crippen molar-refractivity contribution in [3.63, 3.8) is 0 Å². The minimum Gasteiger partial charge on any atom is -0.507 e. The van der Waals surface area contributed by atoms with Gasteiger partial charge in [-0.25, -0.2) is 0 Å². The second-order valence-electron chi connectivity index (χ2n) is 4.56. The molecule has 0 aromatic heterocycles. The van der Waals surface area contributed by atoms with Crippen molar-refractivity contribution >= 4 is 17.5 Å². The van der Waals surface area contributed by atoms with E-state index in [0.29, 0.717) is 10.9 Å². The average Bonchev–Trinajstić information content (AvgIpc) is 2.26. The van der Waals surface area contributed by atoms with Crippen LogP contribution in [0.4, 0.5) is 0 Å². The van der Waals surface area contributed by atoms with Gasteiger partial charge in [0, 0.05) is 18.1 Å². The third-order valence-electron chi connectivity index (χ3n) is 3.09. The minimum atomic E-state index is -0.194. The third-order valence-corrected chi connectivity index (χ3v) is 3.32. The molecule has 17 heavy (non-hydrogen) atoms. The van der Waals surface area contributed by atoms with Crippen molar-refractivity contribution < 1.29 is 9.90 Å². The van der Waals surface area contributed by atoms with Crippen LogP contribution in [0.25, 0.3) is 0 Å². The summed E-state index contributed by atoms with van der Waals surface area (Å²) in [6.07, 6.45) is 0. The van der Waals surface area contributed by atoms with Crippen LogP contribution in [0, 0.1) is 5.92 Å². The van der Waals surface area contributed by atoms with Crippen molar-refractivity contribution in [1.82, 2.24) is 4.90 Å². The van der Waals surface area contributed by atoms with E-state index in [-0.39, 0.29) is 23.3 Å². The maximum absolute atomic E-state index is 12.1. The molecule has 1 rings (SSSR count). The van der Waals surface area contributed by atoms with Gasteiger partial charge in [-0.15, -0.1) is 0 Å². The van der Waals surface area contributed by atoms with Crippen LogP contribution in [0.15, 0.2) is 18.2 Å². The molecule has 1 atom stereocenters. The van der Waals surface area contributed by atoms with Gasteiger partial charge in [-0.3, -0.25) is 4.79 Å². The number of benzene rings is 1. The molecular weight excluding hydrogens is 238 g/mol. The number of rotatable bonds is 3. The molecule has 0 saturated carbocycles. The fourth-order valence-electron chi connectivity index (χ4n) is 1.51. The van der Waals surface area contributed by atoms with E-state index in [1.807, 2.05) is 6.92 Å². The van der Waals surface area contributed by atoms with E-state index < -0.39 is 0 Å². The molecule has 0 saturated heterocycles. The molecule has 1 amide bonds. The highest BCUT2D eigenvalue weighted by Crippen LogP contribution is 2.24. The number of phenolic OH excluding ortho intramolecular Hbond substituents is 1. The third kappa shape index (κ3) is 3.13. The number of hydrogen-bond donors (Lipinski definition) is 1. The fraction of sp³-hybridized carbons (Fsp3) is 0.462. The summed E-state index contributed by atoms with van der Waals surface area (Å²) in [5.74, 6) is 0.0871. The molecule has 0 bridgehead atoms. The predicted octanol–water partition coefficient (Wildman–Crippen LogP) is 3.16. The lowest BCUT2D eigenvalue weighted by Crippen LogP contribution is -2.38. The highest BCUT2D eigenvalue weighted by atomic mass is 35.5. The summed E-state index contributed by atoms with van der Waals surface area (Å²) in [5, 5.41) is 10.1. The Hall–Kier alpha value is -1.22. The van der Waals surface area contributed by atoms with Crippen LogP contribution in [0.3, 0.4) is 0 Å². The number of hydrogen-bond acceptors (Lipinski definition) is 2. The van der Waals surface area contributed by atoms with Crippen molar-refractivity contribution in [1.29, 1.82) is 0 Å². The van der Waals surface area contributed by atoms with Crippen LogP contribution in [0.2, 0.25) is 5.02 Å². The Kier molecular flexibility index (Phi) is 4.40. The van der Waals surface area contributed by atoms with Crippen molar-refractivity contribution in [2.24, 2.45) is 5.92 Å². The number of aromatic hydroxyl groups is 1. The van der Waals surface area contributed by atoms with E-state index in [9.17, 15) is 9.90 Å². The maximum Gasteiger partial charge on any atom is 0.257 e. The molecule has 1 aromatic carbocycles. The van der Waals surface area contributed by atoms with E-state index in [2.05, 4.69) is 13.8 Å². The molecule has 0 radical (unpaired) electrons. The van der Waals surface area contributed by atoms with Crippen LogP contribution < -0.4 is 0 Å². The van der Waals surface area contributed by atoms with Crippen molar-refractivity contribution in [3.8, 4) is 5.75 Å². The van der Waals surface area contributed by atoms with Crippen LogP contribution in [-0.2, 0) is 0 Å². The molecule has 94 valence electrons. The van der Waals surface area contributed by atoms with Gasteiger partial charge in [-0.05, 0) is 31.0 Å². The SMILES string of the molecule is CC(C)C(C)N(C)C(=O)c1ccc(Cl)cc1O. The lowest BCUT2D eigenvalue weighted by molar-refractivity contribution is 0.0704. The molecule has 4 heteroatoms. The highest BCUT2D eigenvalue weighted by molar-refractivity contribution is 6.30. The standard InChI is InChI=1S/C13H18ClNO2/c1-8(2)9(3)15(4)13(17)11-6-5-10(14)7-12(11)16/h5-9,16H,1-4H3. The van der Waals surface area contributed by atoms with Crippen molar-refractivity contribution in [2.75, 3.05) is 7.05 Å². The first-order valence-corrected chi connectivity index (χ1v) is 5.98. The van der Waals surface area contributed by atoms with Gasteiger partial charge in [0.2, 0.25) is 0 Å². The van der Waals surface area contributed by atoms with Crippen LogP contribution >= 0.6 is 11.6 Å². The molecule has 0 fully saturated rings. The summed E-state index contributed by atoms with van der Waals surface area (Å²) in [7, 11) is 1.74. The number of carbonyl (C=O) groups excluding carboxylic acids is 1. The fourth-order valence-corrected chi connectivity index (χ4v) is 1.67. The molecule has 1 aromatic rings. The van der Waals surface area contributed by atoms with Gasteiger partial charge in [0.05, 0.1) is 5.56 Å². The molecule has 1 N–H and O–H groups in total. The Bertz CT molecular complexity index is 418. The van der Waals surface area contributed by atoms with Gasteiger partial charge < -0.3 is 10.0 Å². The molecular formula is C13H18ClNO2. The Morgan fingerprint density at radius 3 is 2.41 bits per heavy atom. The molecule has 0 spiro atoms. The van der Waals surface area contributed by atoms with E-state index in [1.165, 1.54) is 6.07 Å². The van der Waals surface area contributed by atoms with Crippen molar-refractivity contribution in [3.05, 3.63) is 28.8 Å². The summed E-state index contributed by atoms with van der Waals surface area (Å²) in [5.41, 5.74) is 0.282. The average molecular weight is 256 g/mol. The topological polar surface area (TPSA) is 40.5 Å². The van der Waals surface area contributed by atoms with Crippen LogP contribution in [0.5, 0.6) is 5.75 Å². The largest absolute Gasteiger partial charge is 0.507 e. The zero-order chi connectivity index (χ0) is 13.2. The lowest BCUT2D eigenvalue weighted by Gasteiger charge is -2.28. The Balaban J connectivity index is 2.96. The number of carbonyl (C=O) groups is 1. The Morgan fingerprint density at radius 1 is 1.35 bits per heavy atom. The molecule has 1 unspecified atom stereocenters. The van der Waals surface area contributed by atoms with Crippen molar-refractivity contribution in [2.45, 2.75) is 26.8 Å². The lowest BCUT2D eigenvalue weighted by atomic mass is 10.0. The molecule has 0 heterocycles. The quantitative estimate of drug-likeness (QED) is 0.901. The molecule has 3 nitrogen and oxygen atoms in total. The van der Waals surface area contributed by atoms with E-state index in [1.54, 1.807) is 24.1 Å².